The topological polar surface area (TPSA) is 131 Å². The van der Waals surface area contributed by atoms with Crippen molar-refractivity contribution in [3.05, 3.63) is 89.5 Å². The van der Waals surface area contributed by atoms with Crippen LogP contribution in [0.3, 0.4) is 0 Å². The Labute approximate surface area is 218 Å². The van der Waals surface area contributed by atoms with Crippen LogP contribution in [0.5, 0.6) is 5.75 Å². The average Bonchev–Trinajstić information content (AvgIpc) is 3.15. The number of ether oxygens (including phenoxy) is 2. The number of nitrogens with zero attached hydrogens (tertiary/aromatic N) is 1. The second-order valence-electron chi connectivity index (χ2n) is 8.27. The Kier molecular flexibility index (Phi) is 8.12. The first-order valence-corrected chi connectivity index (χ1v) is 12.0. The zero-order chi connectivity index (χ0) is 27.1. The Morgan fingerprint density at radius 2 is 1.37 bits per heavy atom. The van der Waals surface area contributed by atoms with Crippen molar-refractivity contribution < 1.29 is 33.4 Å². The fourth-order valence-corrected chi connectivity index (χ4v) is 3.87. The standard InChI is InChI=1S/C28H25N3O7/c1-2-37-28(36)38-19-15-13-18(14-16-19)25(33)30-23-11-6-5-10-22(23)29-24(32)12-7-17-31-26(34)20-8-3-4-9-21(20)27(31)35/h3-6,8-11,13-16H,2,7,12,17H2,1H3,(H,29,32)(H,30,33). The van der Waals surface area contributed by atoms with Crippen LogP contribution >= 0.6 is 0 Å². The summed E-state index contributed by atoms with van der Waals surface area (Å²) < 4.78 is 9.70. The van der Waals surface area contributed by atoms with E-state index in [0.717, 1.165) is 4.90 Å². The summed E-state index contributed by atoms with van der Waals surface area (Å²) in [5, 5.41) is 5.51. The van der Waals surface area contributed by atoms with E-state index < -0.39 is 12.1 Å². The number of carbonyl (C=O) groups excluding carboxylic acids is 5. The van der Waals surface area contributed by atoms with Gasteiger partial charge in [-0.05, 0) is 61.9 Å². The van der Waals surface area contributed by atoms with Gasteiger partial charge in [0.05, 0.1) is 29.1 Å². The molecule has 0 aromatic heterocycles. The summed E-state index contributed by atoms with van der Waals surface area (Å²) in [6.45, 7) is 1.96. The van der Waals surface area contributed by atoms with Crippen LogP contribution in [-0.4, -0.2) is 47.8 Å². The predicted molar refractivity (Wildman–Crippen MR) is 138 cm³/mol. The first kappa shape index (κ1) is 26.1. The van der Waals surface area contributed by atoms with Crippen LogP contribution in [0.1, 0.15) is 50.8 Å². The van der Waals surface area contributed by atoms with E-state index in [1.807, 2.05) is 0 Å². The lowest BCUT2D eigenvalue weighted by molar-refractivity contribution is -0.116. The SMILES string of the molecule is CCOC(=O)Oc1ccc(C(=O)Nc2ccccc2NC(=O)CCCN2C(=O)c3ccccc3C2=O)cc1. The molecule has 10 heteroatoms. The minimum absolute atomic E-state index is 0.0671. The van der Waals surface area contributed by atoms with Gasteiger partial charge in [0.25, 0.3) is 17.7 Å². The summed E-state index contributed by atoms with van der Waals surface area (Å²) in [4.78, 5) is 62.8. The molecule has 3 aromatic carbocycles. The highest BCUT2D eigenvalue weighted by Gasteiger charge is 2.34. The van der Waals surface area contributed by atoms with Crippen LogP contribution in [-0.2, 0) is 9.53 Å². The van der Waals surface area contributed by atoms with E-state index >= 15 is 0 Å². The molecule has 0 unspecified atom stereocenters. The molecule has 2 N–H and O–H groups in total. The van der Waals surface area contributed by atoms with E-state index in [9.17, 15) is 24.0 Å². The lowest BCUT2D eigenvalue weighted by atomic mass is 10.1. The number of hydrogen-bond acceptors (Lipinski definition) is 7. The fourth-order valence-electron chi connectivity index (χ4n) is 3.87. The largest absolute Gasteiger partial charge is 0.513 e. The molecule has 1 heterocycles. The van der Waals surface area contributed by atoms with Crippen molar-refractivity contribution in [1.82, 2.24) is 4.90 Å². The molecule has 0 saturated heterocycles. The van der Waals surface area contributed by atoms with Crippen LogP contribution < -0.4 is 15.4 Å². The van der Waals surface area contributed by atoms with E-state index in [1.54, 1.807) is 55.5 Å². The molecule has 0 radical (unpaired) electrons. The van der Waals surface area contributed by atoms with E-state index in [4.69, 9.17) is 9.47 Å². The summed E-state index contributed by atoms with van der Waals surface area (Å²) in [5.41, 5.74) is 1.83. The van der Waals surface area contributed by atoms with E-state index in [-0.39, 0.29) is 49.5 Å². The van der Waals surface area contributed by atoms with Gasteiger partial charge in [-0.3, -0.25) is 24.1 Å². The molecular weight excluding hydrogens is 490 g/mol. The van der Waals surface area contributed by atoms with Crippen molar-refractivity contribution in [2.45, 2.75) is 19.8 Å². The molecule has 0 aliphatic carbocycles. The van der Waals surface area contributed by atoms with Crippen molar-refractivity contribution in [1.29, 1.82) is 0 Å². The van der Waals surface area contributed by atoms with Crippen LogP contribution in [0.15, 0.2) is 72.8 Å². The van der Waals surface area contributed by atoms with Gasteiger partial charge in [0, 0.05) is 18.5 Å². The predicted octanol–water partition coefficient (Wildman–Crippen LogP) is 4.49. The summed E-state index contributed by atoms with van der Waals surface area (Å²) in [5.74, 6) is -1.25. The highest BCUT2D eigenvalue weighted by Crippen LogP contribution is 2.24. The van der Waals surface area contributed by atoms with E-state index in [1.165, 1.54) is 24.3 Å². The number of benzene rings is 3. The van der Waals surface area contributed by atoms with Gasteiger partial charge in [-0.25, -0.2) is 4.79 Å². The highest BCUT2D eigenvalue weighted by atomic mass is 16.7. The Balaban J connectivity index is 1.30. The number of nitrogens with one attached hydrogen (secondary N) is 2. The van der Waals surface area contributed by atoms with Crippen LogP contribution in [0, 0.1) is 0 Å². The molecule has 1 aliphatic heterocycles. The third kappa shape index (κ3) is 6.04. The average molecular weight is 516 g/mol. The van der Waals surface area contributed by atoms with Crippen molar-refractivity contribution in [2.75, 3.05) is 23.8 Å². The van der Waals surface area contributed by atoms with E-state index in [2.05, 4.69) is 10.6 Å². The van der Waals surface area contributed by atoms with Gasteiger partial charge < -0.3 is 20.1 Å². The maximum absolute atomic E-state index is 12.7. The number of rotatable bonds is 9. The number of fused-ring (bicyclic) bond motifs is 1. The molecule has 0 bridgehead atoms. The Morgan fingerprint density at radius 3 is 1.97 bits per heavy atom. The first-order valence-electron chi connectivity index (χ1n) is 12.0. The second-order valence-corrected chi connectivity index (χ2v) is 8.27. The fraction of sp³-hybridized carbons (Fsp3) is 0.179. The molecule has 38 heavy (non-hydrogen) atoms. The monoisotopic (exact) mass is 515 g/mol. The van der Waals surface area contributed by atoms with Crippen molar-refractivity contribution in [3.63, 3.8) is 0 Å². The second kappa shape index (κ2) is 11.8. The molecule has 4 rings (SSSR count). The van der Waals surface area contributed by atoms with E-state index in [0.29, 0.717) is 28.1 Å². The molecule has 3 aromatic rings. The molecule has 0 atom stereocenters. The van der Waals surface area contributed by atoms with Crippen molar-refractivity contribution in [2.24, 2.45) is 0 Å². The molecule has 0 spiro atoms. The molecule has 10 nitrogen and oxygen atoms in total. The number of carbonyl (C=O) groups is 5. The highest BCUT2D eigenvalue weighted by molar-refractivity contribution is 6.21. The van der Waals surface area contributed by atoms with Gasteiger partial charge in [-0.2, -0.15) is 0 Å². The molecule has 1 aliphatic rings. The zero-order valence-electron chi connectivity index (χ0n) is 20.6. The summed E-state index contributed by atoms with van der Waals surface area (Å²) in [7, 11) is 0. The van der Waals surface area contributed by atoms with Gasteiger partial charge in [-0.15, -0.1) is 0 Å². The molecule has 0 saturated carbocycles. The molecule has 194 valence electrons. The zero-order valence-corrected chi connectivity index (χ0v) is 20.6. The van der Waals surface area contributed by atoms with Gasteiger partial charge in [0.15, 0.2) is 0 Å². The molecule has 4 amide bonds. The lowest BCUT2D eigenvalue weighted by Crippen LogP contribution is -2.31. The third-order valence-corrected chi connectivity index (χ3v) is 5.69. The van der Waals surface area contributed by atoms with Gasteiger partial charge in [0.2, 0.25) is 5.91 Å². The number of hydrogen-bond donors (Lipinski definition) is 2. The minimum atomic E-state index is -0.835. The van der Waals surface area contributed by atoms with Crippen molar-refractivity contribution in [3.8, 4) is 5.75 Å². The van der Waals surface area contributed by atoms with Crippen LogP contribution in [0.25, 0.3) is 0 Å². The summed E-state index contributed by atoms with van der Waals surface area (Å²) in [6.07, 6.45) is -0.484. The summed E-state index contributed by atoms with van der Waals surface area (Å²) >= 11 is 0. The Hall–Kier alpha value is -4.99. The quantitative estimate of drug-likeness (QED) is 0.244. The Bertz CT molecular complexity index is 1350. The Morgan fingerprint density at radius 1 is 0.789 bits per heavy atom. The number of para-hydroxylation sites is 2. The summed E-state index contributed by atoms with van der Waals surface area (Å²) in [6, 6.07) is 19.3. The van der Waals surface area contributed by atoms with Crippen molar-refractivity contribution >= 4 is 41.2 Å². The smallest absolute Gasteiger partial charge is 0.434 e. The third-order valence-electron chi connectivity index (χ3n) is 5.69. The van der Waals surface area contributed by atoms with Gasteiger partial charge in [-0.1, -0.05) is 24.3 Å². The normalized spacial score (nSPS) is 12.1. The number of amides is 4. The molecule has 0 fully saturated rings. The number of imide groups is 1. The maximum atomic E-state index is 12.7. The van der Waals surface area contributed by atoms with Crippen LogP contribution in [0.2, 0.25) is 0 Å². The van der Waals surface area contributed by atoms with Gasteiger partial charge >= 0.3 is 6.16 Å². The maximum Gasteiger partial charge on any atom is 0.513 e. The van der Waals surface area contributed by atoms with Gasteiger partial charge in [0.1, 0.15) is 5.75 Å². The minimum Gasteiger partial charge on any atom is -0.434 e. The number of anilines is 2. The molecular formula is C28H25N3O7. The first-order chi connectivity index (χ1) is 18.4. The van der Waals surface area contributed by atoms with Crippen LogP contribution in [0.4, 0.5) is 16.2 Å². The lowest BCUT2D eigenvalue weighted by Gasteiger charge is -2.15.